The van der Waals surface area contributed by atoms with Crippen LogP contribution >= 0.6 is 0 Å². The lowest BCUT2D eigenvalue weighted by Gasteiger charge is -2.08. The number of nitrogens with one attached hydrogen (secondary N) is 1. The van der Waals surface area contributed by atoms with Gasteiger partial charge < -0.3 is 5.32 Å². The second-order valence-corrected chi connectivity index (χ2v) is 2.67. The molecule has 0 amide bonds. The summed E-state index contributed by atoms with van der Waals surface area (Å²) in [4.78, 5) is 0. The summed E-state index contributed by atoms with van der Waals surface area (Å²) in [6.45, 7) is 1.79. The first kappa shape index (κ1) is 10.0. The van der Waals surface area contributed by atoms with Gasteiger partial charge in [-0.15, -0.1) is 13.2 Å². The monoisotopic (exact) mass is 193 g/mol. The van der Waals surface area contributed by atoms with Crippen molar-refractivity contribution < 1.29 is 13.2 Å². The van der Waals surface area contributed by atoms with Crippen LogP contribution in [0.4, 0.5) is 13.2 Å². The van der Waals surface area contributed by atoms with Crippen molar-refractivity contribution in [1.82, 2.24) is 15.1 Å². The van der Waals surface area contributed by atoms with Crippen LogP contribution in [0.3, 0.4) is 0 Å². The number of aromatic nitrogens is 2. The van der Waals surface area contributed by atoms with Crippen molar-refractivity contribution in [3.8, 4) is 0 Å². The van der Waals surface area contributed by atoms with Crippen molar-refractivity contribution in [2.45, 2.75) is 19.8 Å². The molecule has 1 aromatic rings. The Kier molecular flexibility index (Phi) is 2.60. The Morgan fingerprint density at radius 2 is 2.15 bits per heavy atom. The topological polar surface area (TPSA) is 29.9 Å². The molecule has 1 N–H and O–H groups in total. The molecule has 0 atom stereocenters. The minimum atomic E-state index is -4.42. The zero-order chi connectivity index (χ0) is 10.1. The fraction of sp³-hybridized carbons (Fsp3) is 0.571. The summed E-state index contributed by atoms with van der Waals surface area (Å²) in [5, 5.41) is 6.03. The molecule has 0 fully saturated rings. The van der Waals surface area contributed by atoms with Crippen molar-refractivity contribution in [2.24, 2.45) is 0 Å². The molecule has 1 aromatic heterocycles. The third kappa shape index (κ3) is 2.00. The van der Waals surface area contributed by atoms with E-state index in [-0.39, 0.29) is 10.4 Å². The van der Waals surface area contributed by atoms with Gasteiger partial charge in [-0.25, -0.2) is 0 Å². The van der Waals surface area contributed by atoms with Gasteiger partial charge >= 0.3 is 6.30 Å². The summed E-state index contributed by atoms with van der Waals surface area (Å²) in [5.41, 5.74) is 0.682. The van der Waals surface area contributed by atoms with E-state index in [1.807, 2.05) is 0 Å². The molecule has 6 heteroatoms. The number of nitrogens with zero attached hydrogens (tertiary/aromatic N) is 2. The minimum Gasteiger partial charge on any atom is -0.316 e. The molecule has 0 spiro atoms. The zero-order valence-corrected chi connectivity index (χ0v) is 7.31. The quantitative estimate of drug-likeness (QED) is 0.769. The Morgan fingerprint density at radius 1 is 1.54 bits per heavy atom. The predicted octanol–water partition coefficient (Wildman–Crippen LogP) is 1.39. The van der Waals surface area contributed by atoms with Crippen LogP contribution in [-0.4, -0.2) is 16.8 Å². The third-order valence-corrected chi connectivity index (χ3v) is 1.72. The van der Waals surface area contributed by atoms with Gasteiger partial charge in [0.2, 0.25) is 0 Å². The first-order valence-corrected chi connectivity index (χ1v) is 3.72. The molecule has 0 aliphatic heterocycles. The molecule has 0 aliphatic rings. The van der Waals surface area contributed by atoms with Crippen LogP contribution in [0.15, 0.2) is 6.20 Å². The molecular formula is C7H10F3N3. The SMILES string of the molecule is CNCc1cnn(C(F)(F)F)c1C. The van der Waals surface area contributed by atoms with E-state index in [4.69, 9.17) is 0 Å². The van der Waals surface area contributed by atoms with E-state index >= 15 is 0 Å². The molecule has 74 valence electrons. The van der Waals surface area contributed by atoms with Gasteiger partial charge in [0, 0.05) is 17.8 Å². The van der Waals surface area contributed by atoms with E-state index in [0.29, 0.717) is 12.1 Å². The normalized spacial score (nSPS) is 12.1. The summed E-state index contributed by atoms with van der Waals surface area (Å²) in [5.74, 6) is 0. The average Bonchev–Trinajstić information content (AvgIpc) is 2.32. The van der Waals surface area contributed by atoms with Crippen LogP contribution in [0.1, 0.15) is 11.3 Å². The Balaban J connectivity index is 2.99. The van der Waals surface area contributed by atoms with Crippen molar-refractivity contribution in [3.05, 3.63) is 17.5 Å². The van der Waals surface area contributed by atoms with Gasteiger partial charge in [0.05, 0.1) is 6.20 Å². The fourth-order valence-electron chi connectivity index (χ4n) is 1.06. The lowest BCUT2D eigenvalue weighted by molar-refractivity contribution is -0.213. The smallest absolute Gasteiger partial charge is 0.316 e. The first-order chi connectivity index (χ1) is 5.96. The molecule has 0 aromatic carbocycles. The molecule has 1 rings (SSSR count). The molecule has 0 aliphatic carbocycles. The molecule has 1 heterocycles. The summed E-state index contributed by atoms with van der Waals surface area (Å²) < 4.78 is 36.6. The highest BCUT2D eigenvalue weighted by Crippen LogP contribution is 2.24. The summed E-state index contributed by atoms with van der Waals surface area (Å²) in [7, 11) is 1.67. The number of rotatable bonds is 2. The van der Waals surface area contributed by atoms with Crippen molar-refractivity contribution >= 4 is 0 Å². The van der Waals surface area contributed by atoms with Crippen LogP contribution < -0.4 is 5.32 Å². The largest absolute Gasteiger partial charge is 0.504 e. The van der Waals surface area contributed by atoms with Gasteiger partial charge in [0.15, 0.2) is 0 Å². The lowest BCUT2D eigenvalue weighted by atomic mass is 10.2. The molecular weight excluding hydrogens is 183 g/mol. The van der Waals surface area contributed by atoms with E-state index in [0.717, 1.165) is 0 Å². The molecule has 0 bridgehead atoms. The third-order valence-electron chi connectivity index (χ3n) is 1.72. The fourth-order valence-corrected chi connectivity index (χ4v) is 1.06. The van der Waals surface area contributed by atoms with Gasteiger partial charge in [-0.2, -0.15) is 9.78 Å². The van der Waals surface area contributed by atoms with Crippen LogP contribution in [0.2, 0.25) is 0 Å². The number of halogens is 3. The Labute approximate surface area is 73.5 Å². The van der Waals surface area contributed by atoms with Crippen LogP contribution in [0.5, 0.6) is 0 Å². The van der Waals surface area contributed by atoms with Gasteiger partial charge in [0.1, 0.15) is 0 Å². The highest BCUT2D eigenvalue weighted by Gasteiger charge is 2.33. The zero-order valence-electron chi connectivity index (χ0n) is 7.31. The van der Waals surface area contributed by atoms with E-state index in [1.54, 1.807) is 7.05 Å². The first-order valence-electron chi connectivity index (χ1n) is 3.72. The van der Waals surface area contributed by atoms with E-state index in [1.165, 1.54) is 13.1 Å². The van der Waals surface area contributed by atoms with Crippen molar-refractivity contribution in [3.63, 3.8) is 0 Å². The van der Waals surface area contributed by atoms with E-state index in [9.17, 15) is 13.2 Å². The van der Waals surface area contributed by atoms with Crippen molar-refractivity contribution in [1.29, 1.82) is 0 Å². The summed E-state index contributed by atoms with van der Waals surface area (Å²) >= 11 is 0. The van der Waals surface area contributed by atoms with Crippen molar-refractivity contribution in [2.75, 3.05) is 7.05 Å². The second kappa shape index (κ2) is 3.37. The summed E-state index contributed by atoms with van der Waals surface area (Å²) in [6, 6.07) is 0. The molecule has 0 saturated carbocycles. The number of alkyl halides is 3. The Morgan fingerprint density at radius 3 is 2.54 bits per heavy atom. The number of hydrogen-bond donors (Lipinski definition) is 1. The highest BCUT2D eigenvalue weighted by atomic mass is 19.4. The van der Waals surface area contributed by atoms with Gasteiger partial charge in [-0.1, -0.05) is 0 Å². The number of hydrogen-bond acceptors (Lipinski definition) is 2. The molecule has 13 heavy (non-hydrogen) atoms. The van der Waals surface area contributed by atoms with E-state index < -0.39 is 6.30 Å². The lowest BCUT2D eigenvalue weighted by Crippen LogP contribution is -2.20. The van der Waals surface area contributed by atoms with Gasteiger partial charge in [-0.3, -0.25) is 0 Å². The van der Waals surface area contributed by atoms with Crippen LogP contribution in [-0.2, 0) is 12.8 Å². The standard InChI is InChI=1S/C7H10F3N3/c1-5-6(3-11-2)4-12-13(5)7(8,9)10/h4,11H,3H2,1-2H3. The Bertz CT molecular complexity index is 290. The Hall–Kier alpha value is -1.04. The summed E-state index contributed by atoms with van der Waals surface area (Å²) in [6.07, 6.45) is -3.20. The second-order valence-electron chi connectivity index (χ2n) is 2.67. The van der Waals surface area contributed by atoms with Crippen LogP contribution in [0, 0.1) is 6.92 Å². The molecule has 0 radical (unpaired) electrons. The van der Waals surface area contributed by atoms with Gasteiger partial charge in [-0.05, 0) is 14.0 Å². The minimum absolute atomic E-state index is 0.0691. The maximum absolute atomic E-state index is 12.2. The maximum atomic E-state index is 12.2. The molecule has 3 nitrogen and oxygen atoms in total. The molecule has 0 unspecified atom stereocenters. The average molecular weight is 193 g/mol. The van der Waals surface area contributed by atoms with Gasteiger partial charge in [0.25, 0.3) is 0 Å². The molecule has 0 saturated heterocycles. The highest BCUT2D eigenvalue weighted by molar-refractivity contribution is 5.16. The maximum Gasteiger partial charge on any atom is 0.504 e. The predicted molar refractivity (Wildman–Crippen MR) is 41.0 cm³/mol. The van der Waals surface area contributed by atoms with E-state index in [2.05, 4.69) is 10.4 Å². The van der Waals surface area contributed by atoms with Crippen LogP contribution in [0.25, 0.3) is 0 Å².